The van der Waals surface area contributed by atoms with E-state index in [1.165, 1.54) is 0 Å². The van der Waals surface area contributed by atoms with Crippen molar-refractivity contribution in [3.63, 3.8) is 0 Å². The summed E-state index contributed by atoms with van der Waals surface area (Å²) in [7, 11) is 1.56. The van der Waals surface area contributed by atoms with Gasteiger partial charge in [-0.25, -0.2) is 0 Å². The highest BCUT2D eigenvalue weighted by Gasteiger charge is 2.08. The molecule has 0 heterocycles. The number of thiocarbonyl (C=S) groups is 1. The fourth-order valence-electron chi connectivity index (χ4n) is 1.84. The normalized spacial score (nSPS) is 9.67. The van der Waals surface area contributed by atoms with Crippen molar-refractivity contribution in [3.8, 4) is 17.2 Å². The van der Waals surface area contributed by atoms with E-state index in [0.29, 0.717) is 17.2 Å². The van der Waals surface area contributed by atoms with Crippen molar-refractivity contribution in [1.29, 1.82) is 0 Å². The number of rotatable bonds is 7. The van der Waals surface area contributed by atoms with E-state index in [2.05, 4.69) is 16.2 Å². The molecule has 9 heteroatoms. The van der Waals surface area contributed by atoms with Gasteiger partial charge in [0.15, 0.2) is 18.3 Å². The Balaban J connectivity index is 1.62. The molecule has 2 aromatic carbocycles. The highest BCUT2D eigenvalue weighted by molar-refractivity contribution is 7.80. The zero-order chi connectivity index (χ0) is 19.5. The summed E-state index contributed by atoms with van der Waals surface area (Å²) in [5, 5.41) is 2.31. The van der Waals surface area contributed by atoms with E-state index in [-0.39, 0.29) is 18.3 Å². The second kappa shape index (κ2) is 10.6. The molecule has 2 aromatic rings. The molecule has 0 radical (unpaired) electrons. The predicted octanol–water partition coefficient (Wildman–Crippen LogP) is 1.17. The van der Waals surface area contributed by atoms with Crippen LogP contribution in [0.5, 0.6) is 17.2 Å². The lowest BCUT2D eigenvalue weighted by Crippen LogP contribution is -2.50. The maximum absolute atomic E-state index is 11.8. The van der Waals surface area contributed by atoms with Crippen molar-refractivity contribution in [2.24, 2.45) is 0 Å². The fourth-order valence-corrected chi connectivity index (χ4v) is 2.01. The van der Waals surface area contributed by atoms with Crippen LogP contribution in [0.15, 0.2) is 54.6 Å². The molecule has 0 bridgehead atoms. The van der Waals surface area contributed by atoms with Crippen LogP contribution in [0.2, 0.25) is 0 Å². The molecule has 8 nitrogen and oxygen atoms in total. The predicted molar refractivity (Wildman–Crippen MR) is 102 cm³/mol. The van der Waals surface area contributed by atoms with E-state index in [1.807, 2.05) is 6.07 Å². The molecule has 0 saturated carbocycles. The molecule has 0 aliphatic carbocycles. The molecule has 0 aliphatic heterocycles. The number of carbonyl (C=O) groups excluding carboxylic acids is 2. The van der Waals surface area contributed by atoms with Crippen LogP contribution in [-0.2, 0) is 9.59 Å². The van der Waals surface area contributed by atoms with Gasteiger partial charge in [-0.3, -0.25) is 25.8 Å². The minimum absolute atomic E-state index is 0.0635. The molecule has 2 amide bonds. The van der Waals surface area contributed by atoms with Crippen LogP contribution < -0.4 is 30.4 Å². The van der Waals surface area contributed by atoms with E-state index in [1.54, 1.807) is 55.6 Å². The summed E-state index contributed by atoms with van der Waals surface area (Å²) >= 11 is 4.92. The van der Waals surface area contributed by atoms with E-state index in [0.717, 1.165) is 0 Å². The van der Waals surface area contributed by atoms with Crippen molar-refractivity contribution in [3.05, 3.63) is 54.6 Å². The number of ether oxygens (including phenoxy) is 3. The molecule has 0 fully saturated rings. The number of amides is 2. The van der Waals surface area contributed by atoms with Crippen molar-refractivity contribution >= 4 is 29.1 Å². The summed E-state index contributed by atoms with van der Waals surface area (Å²) < 4.78 is 15.6. The summed E-state index contributed by atoms with van der Waals surface area (Å²) in [5.41, 5.74) is 4.73. The molecule has 27 heavy (non-hydrogen) atoms. The third-order valence-corrected chi connectivity index (χ3v) is 3.32. The minimum atomic E-state index is -0.474. The van der Waals surface area contributed by atoms with Crippen molar-refractivity contribution in [2.45, 2.75) is 0 Å². The van der Waals surface area contributed by atoms with Gasteiger partial charge in [-0.05, 0) is 48.6 Å². The molecule has 142 valence electrons. The van der Waals surface area contributed by atoms with E-state index >= 15 is 0 Å². The Bertz CT molecular complexity index is 768. The maximum atomic E-state index is 11.8. The van der Waals surface area contributed by atoms with Gasteiger partial charge in [0.1, 0.15) is 17.2 Å². The Morgan fingerprint density at radius 3 is 2.00 bits per heavy atom. The van der Waals surface area contributed by atoms with Gasteiger partial charge in [-0.2, -0.15) is 0 Å². The first-order valence-corrected chi connectivity index (χ1v) is 8.31. The SMILES string of the molecule is COc1ccc(OCC(=O)NC(=S)NNC(=O)COc2ccccc2)cc1. The third kappa shape index (κ3) is 7.61. The van der Waals surface area contributed by atoms with Gasteiger partial charge in [-0.15, -0.1) is 0 Å². The van der Waals surface area contributed by atoms with Crippen LogP contribution in [-0.4, -0.2) is 37.3 Å². The lowest BCUT2D eigenvalue weighted by atomic mass is 10.3. The van der Waals surface area contributed by atoms with Gasteiger partial charge in [0.05, 0.1) is 7.11 Å². The second-order valence-electron chi connectivity index (χ2n) is 5.12. The molecule has 0 aliphatic rings. The zero-order valence-corrected chi connectivity index (χ0v) is 15.4. The number of carbonyl (C=O) groups is 2. The van der Waals surface area contributed by atoms with Crippen molar-refractivity contribution < 1.29 is 23.8 Å². The topological polar surface area (TPSA) is 97.9 Å². The van der Waals surface area contributed by atoms with E-state index in [9.17, 15) is 9.59 Å². The number of methoxy groups -OCH3 is 1. The minimum Gasteiger partial charge on any atom is -0.497 e. The monoisotopic (exact) mass is 389 g/mol. The summed E-state index contributed by atoms with van der Waals surface area (Å²) in [4.78, 5) is 23.4. The van der Waals surface area contributed by atoms with Gasteiger partial charge >= 0.3 is 0 Å². The number of para-hydroxylation sites is 1. The molecule has 0 unspecified atom stereocenters. The molecule has 2 rings (SSSR count). The standard InChI is InChI=1S/C18H19N3O5S/c1-24-13-7-9-15(10-8-13)25-11-16(22)19-18(27)21-20-17(23)12-26-14-5-3-2-4-6-14/h2-10H,11-12H2,1H3,(H,20,23)(H2,19,21,22,27). The Morgan fingerprint density at radius 2 is 1.37 bits per heavy atom. The Morgan fingerprint density at radius 1 is 0.815 bits per heavy atom. The van der Waals surface area contributed by atoms with E-state index in [4.69, 9.17) is 26.4 Å². The van der Waals surface area contributed by atoms with Gasteiger partial charge in [0.25, 0.3) is 11.8 Å². The largest absolute Gasteiger partial charge is 0.497 e. The summed E-state index contributed by atoms with van der Waals surface area (Å²) in [6, 6.07) is 15.7. The third-order valence-electron chi connectivity index (χ3n) is 3.11. The molecular formula is C18H19N3O5S. The van der Waals surface area contributed by atoms with Gasteiger partial charge in [-0.1, -0.05) is 18.2 Å². The van der Waals surface area contributed by atoms with Gasteiger partial charge in [0, 0.05) is 0 Å². The fraction of sp³-hybridized carbons (Fsp3) is 0.167. The highest BCUT2D eigenvalue weighted by atomic mass is 32.1. The Hall–Kier alpha value is -3.33. The second-order valence-corrected chi connectivity index (χ2v) is 5.52. The smallest absolute Gasteiger partial charge is 0.276 e. The van der Waals surface area contributed by atoms with Crippen molar-refractivity contribution in [1.82, 2.24) is 16.2 Å². The van der Waals surface area contributed by atoms with Crippen LogP contribution in [0, 0.1) is 0 Å². The number of benzene rings is 2. The molecule has 0 saturated heterocycles. The quantitative estimate of drug-likeness (QED) is 0.483. The van der Waals surface area contributed by atoms with Crippen molar-refractivity contribution in [2.75, 3.05) is 20.3 Å². The van der Waals surface area contributed by atoms with Crippen LogP contribution in [0.4, 0.5) is 0 Å². The average molecular weight is 389 g/mol. The lowest BCUT2D eigenvalue weighted by Gasteiger charge is -2.12. The first-order chi connectivity index (χ1) is 13.1. The highest BCUT2D eigenvalue weighted by Crippen LogP contribution is 2.16. The molecular weight excluding hydrogens is 370 g/mol. The summed E-state index contributed by atoms with van der Waals surface area (Å²) in [6.07, 6.45) is 0. The lowest BCUT2D eigenvalue weighted by molar-refractivity contribution is -0.124. The van der Waals surface area contributed by atoms with E-state index < -0.39 is 11.8 Å². The molecule has 0 atom stereocenters. The van der Waals surface area contributed by atoms with Crippen LogP contribution in [0.25, 0.3) is 0 Å². The number of nitrogens with one attached hydrogen (secondary N) is 3. The average Bonchev–Trinajstić information content (AvgIpc) is 2.70. The number of hydrazine groups is 1. The van der Waals surface area contributed by atoms with Gasteiger partial charge in [0.2, 0.25) is 0 Å². The summed E-state index contributed by atoms with van der Waals surface area (Å²) in [5.74, 6) is 0.836. The first kappa shape index (κ1) is 20.0. The van der Waals surface area contributed by atoms with Gasteiger partial charge < -0.3 is 14.2 Å². The molecule has 0 spiro atoms. The maximum Gasteiger partial charge on any atom is 0.276 e. The Kier molecular flexibility index (Phi) is 7.86. The first-order valence-electron chi connectivity index (χ1n) is 7.90. The van der Waals surface area contributed by atoms with Crippen LogP contribution >= 0.6 is 12.2 Å². The Labute approximate surface area is 161 Å². The van der Waals surface area contributed by atoms with Crippen LogP contribution in [0.1, 0.15) is 0 Å². The zero-order valence-electron chi connectivity index (χ0n) is 14.6. The summed E-state index contributed by atoms with van der Waals surface area (Å²) in [6.45, 7) is -0.437. The molecule has 0 aromatic heterocycles. The number of hydrogen-bond acceptors (Lipinski definition) is 6. The molecule has 3 N–H and O–H groups in total. The van der Waals surface area contributed by atoms with Crippen LogP contribution in [0.3, 0.4) is 0 Å². The number of hydrogen-bond donors (Lipinski definition) is 3.